The van der Waals surface area contributed by atoms with Crippen molar-refractivity contribution in [3.63, 3.8) is 0 Å². The molecule has 1 fully saturated rings. The third-order valence-electron chi connectivity index (χ3n) is 6.86. The van der Waals surface area contributed by atoms with Crippen molar-refractivity contribution in [1.82, 2.24) is 0 Å². The fraction of sp³-hybridized carbons (Fsp3) is 0.440. The Balaban J connectivity index is 0.00000210. The van der Waals surface area contributed by atoms with Gasteiger partial charge in [-0.15, -0.1) is 0 Å². The van der Waals surface area contributed by atoms with E-state index in [-0.39, 0.29) is 24.0 Å². The van der Waals surface area contributed by atoms with E-state index >= 15 is 0 Å². The molecule has 2 heteroatoms. The summed E-state index contributed by atoms with van der Waals surface area (Å²) in [5.41, 5.74) is 6.26. The van der Waals surface area contributed by atoms with E-state index < -0.39 is 0 Å². The second kappa shape index (κ2) is 7.71. The van der Waals surface area contributed by atoms with Gasteiger partial charge in [-0.2, -0.15) is 0 Å². The van der Waals surface area contributed by atoms with E-state index in [9.17, 15) is 0 Å². The van der Waals surface area contributed by atoms with Crippen LogP contribution < -0.4 is 24.0 Å². The first-order chi connectivity index (χ1) is 12.4. The lowest BCUT2D eigenvalue weighted by molar-refractivity contribution is -0.899. The van der Waals surface area contributed by atoms with Gasteiger partial charge in [-0.25, -0.2) is 0 Å². The third kappa shape index (κ3) is 4.17. The van der Waals surface area contributed by atoms with Gasteiger partial charge < -0.3 is 28.5 Å². The highest BCUT2D eigenvalue weighted by Crippen LogP contribution is 2.59. The Kier molecular flexibility index (Phi) is 5.88. The van der Waals surface area contributed by atoms with Gasteiger partial charge >= 0.3 is 0 Å². The topological polar surface area (TPSA) is 0 Å². The Hall–Kier alpha value is -1.13. The van der Waals surface area contributed by atoms with E-state index in [1.54, 1.807) is 5.57 Å². The maximum Gasteiger partial charge on any atom is 0.104 e. The number of hydrogen-bond donors (Lipinski definition) is 0. The number of rotatable bonds is 5. The van der Waals surface area contributed by atoms with Crippen LogP contribution in [-0.2, 0) is 6.54 Å². The molecule has 0 heterocycles. The summed E-state index contributed by atoms with van der Waals surface area (Å²) >= 11 is 0. The van der Waals surface area contributed by atoms with E-state index in [1.165, 1.54) is 36.1 Å². The summed E-state index contributed by atoms with van der Waals surface area (Å²) in [4.78, 5) is 0. The Morgan fingerprint density at radius 1 is 0.889 bits per heavy atom. The zero-order valence-corrected chi connectivity index (χ0v) is 19.2. The molecule has 2 aromatic rings. The van der Waals surface area contributed by atoms with Crippen molar-refractivity contribution < 1.29 is 28.5 Å². The first-order valence-electron chi connectivity index (χ1n) is 10.0. The zero-order chi connectivity index (χ0) is 18.4. The van der Waals surface area contributed by atoms with E-state index in [0.29, 0.717) is 5.41 Å². The van der Waals surface area contributed by atoms with Gasteiger partial charge in [-0.05, 0) is 46.8 Å². The fourth-order valence-electron chi connectivity index (χ4n) is 5.13. The van der Waals surface area contributed by atoms with Gasteiger partial charge in [0.05, 0.1) is 14.1 Å². The number of nitrogens with zero attached hydrogens (tertiary/aromatic N) is 1. The lowest BCUT2D eigenvalue weighted by Gasteiger charge is -2.57. The van der Waals surface area contributed by atoms with Gasteiger partial charge in [0, 0.05) is 5.56 Å². The number of benzene rings is 2. The largest absolute Gasteiger partial charge is 1.00 e. The molecule has 0 saturated heterocycles. The third-order valence-corrected chi connectivity index (χ3v) is 6.86. The number of allylic oxidation sites excluding steroid dienone is 1. The quantitative estimate of drug-likeness (QED) is 0.356. The van der Waals surface area contributed by atoms with Crippen molar-refractivity contribution in [1.29, 1.82) is 0 Å². The minimum Gasteiger partial charge on any atom is -1.00 e. The summed E-state index contributed by atoms with van der Waals surface area (Å²) < 4.78 is 1.04. The molecule has 1 saturated carbocycles. The van der Waals surface area contributed by atoms with E-state index in [0.717, 1.165) is 22.9 Å². The lowest BCUT2D eigenvalue weighted by Crippen LogP contribution is -3.00. The van der Waals surface area contributed by atoms with Crippen LogP contribution in [-0.4, -0.2) is 25.1 Å². The Morgan fingerprint density at radius 2 is 1.52 bits per heavy atom. The average Bonchev–Trinajstić information content (AvgIpc) is 2.62. The van der Waals surface area contributed by atoms with Crippen molar-refractivity contribution in [2.75, 3.05) is 20.6 Å². The molecule has 27 heavy (non-hydrogen) atoms. The van der Waals surface area contributed by atoms with Gasteiger partial charge in [0.1, 0.15) is 13.1 Å². The second-order valence-electron chi connectivity index (χ2n) is 9.64. The van der Waals surface area contributed by atoms with Crippen molar-refractivity contribution in [2.45, 2.75) is 33.2 Å². The van der Waals surface area contributed by atoms with Crippen LogP contribution in [0.4, 0.5) is 0 Å². The van der Waals surface area contributed by atoms with Crippen molar-refractivity contribution in [2.24, 2.45) is 17.3 Å². The van der Waals surface area contributed by atoms with Gasteiger partial charge in [0.25, 0.3) is 0 Å². The molecular formula is C25H32IN. The molecule has 1 nitrogen and oxygen atoms in total. The van der Waals surface area contributed by atoms with Crippen molar-refractivity contribution in [3.8, 4) is 11.1 Å². The Morgan fingerprint density at radius 3 is 2.11 bits per heavy atom. The Bertz CT molecular complexity index is 802. The molecule has 0 amide bonds. The summed E-state index contributed by atoms with van der Waals surface area (Å²) in [6, 6.07) is 19.8. The number of hydrogen-bond acceptors (Lipinski definition) is 0. The molecule has 144 valence electrons. The van der Waals surface area contributed by atoms with Crippen LogP contribution in [0, 0.1) is 17.3 Å². The maximum atomic E-state index is 2.56. The highest BCUT2D eigenvalue weighted by Gasteiger charge is 2.52. The molecule has 5 rings (SSSR count). The molecule has 0 aromatic heterocycles. The number of halogens is 1. The molecular weight excluding hydrogens is 441 g/mol. The fourth-order valence-corrected chi connectivity index (χ4v) is 5.13. The van der Waals surface area contributed by atoms with Crippen LogP contribution in [0.15, 0.2) is 66.2 Å². The van der Waals surface area contributed by atoms with Crippen LogP contribution in [0.5, 0.6) is 0 Å². The molecule has 0 aliphatic heterocycles. The standard InChI is InChI=1S/C25H32N.HI/c1-25(2)23-15-14-22(24(25)16-23)18-26(3,4)17-19-10-12-21(13-11-19)20-8-6-5-7-9-20;/h5-14,23-24H,15-18H2,1-4H3;1H/q+1;/p-1/t23-,24-;/m0./s1. The average molecular weight is 473 g/mol. The van der Waals surface area contributed by atoms with Crippen molar-refractivity contribution >= 4 is 0 Å². The second-order valence-corrected chi connectivity index (χ2v) is 9.64. The van der Waals surface area contributed by atoms with Crippen molar-refractivity contribution in [3.05, 3.63) is 71.8 Å². The van der Waals surface area contributed by atoms with Crippen LogP contribution in [0.2, 0.25) is 0 Å². The predicted octanol–water partition coefficient (Wildman–Crippen LogP) is 2.93. The monoisotopic (exact) mass is 473 g/mol. The normalized spacial score (nSPS) is 23.0. The highest BCUT2D eigenvalue weighted by molar-refractivity contribution is 5.63. The Labute approximate surface area is 182 Å². The molecule has 2 atom stereocenters. The van der Waals surface area contributed by atoms with Crippen LogP contribution in [0.25, 0.3) is 11.1 Å². The summed E-state index contributed by atoms with van der Waals surface area (Å²) in [6.07, 6.45) is 5.28. The van der Waals surface area contributed by atoms with Gasteiger partial charge in [-0.3, -0.25) is 0 Å². The number of quaternary nitrogens is 1. The molecule has 0 N–H and O–H groups in total. The summed E-state index contributed by atoms with van der Waals surface area (Å²) in [7, 11) is 4.76. The lowest BCUT2D eigenvalue weighted by atomic mass is 9.49. The summed E-state index contributed by atoms with van der Waals surface area (Å²) in [5, 5.41) is 0. The summed E-state index contributed by atoms with van der Waals surface area (Å²) in [6.45, 7) is 7.21. The van der Waals surface area contributed by atoms with E-state index in [1.807, 2.05) is 0 Å². The van der Waals surface area contributed by atoms with Gasteiger partial charge in [0.15, 0.2) is 0 Å². The first kappa shape index (κ1) is 20.6. The molecule has 0 spiro atoms. The smallest absolute Gasteiger partial charge is 0.104 e. The van der Waals surface area contributed by atoms with E-state index in [4.69, 9.17) is 0 Å². The highest BCUT2D eigenvalue weighted by atomic mass is 127. The molecule has 3 aliphatic rings. The first-order valence-corrected chi connectivity index (χ1v) is 10.0. The number of likely N-dealkylation sites (N-methyl/N-ethyl adjacent to an activating group) is 1. The SMILES string of the molecule is CC1(C)[C@H]2CC=C(C[N+](C)(C)Cc3ccc(-c4ccccc4)cc3)[C@@H]1C2.[I-]. The van der Waals surface area contributed by atoms with Gasteiger partial charge in [0.2, 0.25) is 0 Å². The molecule has 0 unspecified atom stereocenters. The number of fused-ring (bicyclic) bond motifs is 1. The molecule has 0 radical (unpaired) electrons. The van der Waals surface area contributed by atoms with Crippen LogP contribution >= 0.6 is 0 Å². The molecule has 2 bridgehead atoms. The summed E-state index contributed by atoms with van der Waals surface area (Å²) in [5.74, 6) is 1.75. The zero-order valence-electron chi connectivity index (χ0n) is 17.1. The minimum absolute atomic E-state index is 0. The maximum absolute atomic E-state index is 2.56. The van der Waals surface area contributed by atoms with Crippen LogP contribution in [0.3, 0.4) is 0 Å². The van der Waals surface area contributed by atoms with Gasteiger partial charge in [-0.1, -0.05) is 74.5 Å². The van der Waals surface area contributed by atoms with E-state index in [2.05, 4.69) is 88.6 Å². The molecule has 3 aliphatic carbocycles. The minimum atomic E-state index is 0. The predicted molar refractivity (Wildman–Crippen MR) is 111 cm³/mol. The van der Waals surface area contributed by atoms with Crippen LogP contribution in [0.1, 0.15) is 32.3 Å². The molecule has 2 aromatic carbocycles.